The van der Waals surface area contributed by atoms with Crippen LogP contribution in [0.15, 0.2) is 53.4 Å². The van der Waals surface area contributed by atoms with Crippen molar-refractivity contribution in [2.75, 3.05) is 5.75 Å². The summed E-state index contributed by atoms with van der Waals surface area (Å²) in [7, 11) is 0. The molecule has 1 aliphatic carbocycles. The second kappa shape index (κ2) is 6.67. The Labute approximate surface area is 134 Å². The summed E-state index contributed by atoms with van der Waals surface area (Å²) < 4.78 is 0. The topological polar surface area (TPSA) is 17.1 Å². The number of hydrogen-bond donors (Lipinski definition) is 0. The van der Waals surface area contributed by atoms with Crippen LogP contribution in [0.4, 0.5) is 0 Å². The van der Waals surface area contributed by atoms with E-state index in [1.807, 2.05) is 42.5 Å². The Hall–Kier alpha value is -1.25. The highest BCUT2D eigenvalue weighted by Gasteiger charge is 2.23. The van der Waals surface area contributed by atoms with Crippen LogP contribution in [0.1, 0.15) is 41.1 Å². The van der Waals surface area contributed by atoms with Gasteiger partial charge in [-0.15, -0.1) is 11.8 Å². The molecular weight excluding hydrogens is 300 g/mol. The molecule has 2 aromatic carbocycles. The van der Waals surface area contributed by atoms with E-state index in [2.05, 4.69) is 6.07 Å². The van der Waals surface area contributed by atoms with Crippen LogP contribution in [-0.2, 0) is 0 Å². The molecule has 1 aliphatic rings. The minimum absolute atomic E-state index is 0.211. The van der Waals surface area contributed by atoms with Gasteiger partial charge in [0.1, 0.15) is 0 Å². The normalized spacial score (nSPS) is 14.7. The van der Waals surface area contributed by atoms with Gasteiger partial charge in [-0.05, 0) is 42.5 Å². The van der Waals surface area contributed by atoms with Gasteiger partial charge in [0.15, 0.2) is 5.78 Å². The monoisotopic (exact) mass is 316 g/mol. The maximum absolute atomic E-state index is 12.5. The van der Waals surface area contributed by atoms with E-state index in [-0.39, 0.29) is 5.78 Å². The van der Waals surface area contributed by atoms with E-state index in [1.165, 1.54) is 24.8 Å². The van der Waals surface area contributed by atoms with E-state index >= 15 is 0 Å². The maximum Gasteiger partial charge on any atom is 0.173 e. The van der Waals surface area contributed by atoms with Gasteiger partial charge in [-0.2, -0.15) is 0 Å². The molecule has 1 fully saturated rings. The smallest absolute Gasteiger partial charge is 0.173 e. The molecular formula is C18H17ClOS. The fourth-order valence-corrected chi connectivity index (χ4v) is 3.70. The molecule has 3 rings (SSSR count). The van der Waals surface area contributed by atoms with Crippen LogP contribution in [0.3, 0.4) is 0 Å². The van der Waals surface area contributed by atoms with Gasteiger partial charge >= 0.3 is 0 Å². The van der Waals surface area contributed by atoms with Crippen molar-refractivity contribution in [3.8, 4) is 0 Å². The largest absolute Gasteiger partial charge is 0.293 e. The third-order valence-electron chi connectivity index (χ3n) is 3.97. The van der Waals surface area contributed by atoms with Gasteiger partial charge in [-0.3, -0.25) is 4.79 Å². The van der Waals surface area contributed by atoms with Crippen LogP contribution < -0.4 is 0 Å². The first kappa shape index (κ1) is 14.7. The summed E-state index contributed by atoms with van der Waals surface area (Å²) in [6, 6.07) is 15.7. The average Bonchev–Trinajstić information content (AvgIpc) is 2.44. The van der Waals surface area contributed by atoms with E-state index in [4.69, 9.17) is 11.6 Å². The molecule has 0 radical (unpaired) electrons. The Morgan fingerprint density at radius 1 is 1.14 bits per heavy atom. The molecule has 1 saturated carbocycles. The molecule has 0 saturated heterocycles. The van der Waals surface area contributed by atoms with Crippen molar-refractivity contribution in [1.29, 1.82) is 0 Å². The Kier molecular flexibility index (Phi) is 4.67. The maximum atomic E-state index is 12.5. The van der Waals surface area contributed by atoms with Crippen molar-refractivity contribution < 1.29 is 4.79 Å². The highest BCUT2D eigenvalue weighted by atomic mass is 35.5. The molecule has 0 heterocycles. The molecule has 2 aromatic rings. The van der Waals surface area contributed by atoms with Gasteiger partial charge in [0, 0.05) is 15.5 Å². The minimum atomic E-state index is 0.211. The molecule has 1 nitrogen and oxygen atoms in total. The zero-order valence-corrected chi connectivity index (χ0v) is 13.3. The lowest BCUT2D eigenvalue weighted by Crippen LogP contribution is -2.14. The third-order valence-corrected chi connectivity index (χ3v) is 5.20. The minimum Gasteiger partial charge on any atom is -0.293 e. The second-order valence-corrected chi connectivity index (χ2v) is 6.87. The van der Waals surface area contributed by atoms with Crippen molar-refractivity contribution >= 4 is 29.1 Å². The van der Waals surface area contributed by atoms with Gasteiger partial charge < -0.3 is 0 Å². The lowest BCUT2D eigenvalue weighted by molar-refractivity contribution is 0.102. The molecule has 3 heteroatoms. The van der Waals surface area contributed by atoms with E-state index in [0.29, 0.717) is 16.7 Å². The molecule has 21 heavy (non-hydrogen) atoms. The highest BCUT2D eigenvalue weighted by molar-refractivity contribution is 8.00. The van der Waals surface area contributed by atoms with Crippen LogP contribution in [0.25, 0.3) is 0 Å². The molecule has 0 bridgehead atoms. The summed E-state index contributed by atoms with van der Waals surface area (Å²) >= 11 is 7.52. The van der Waals surface area contributed by atoms with Gasteiger partial charge in [-0.1, -0.05) is 48.4 Å². The predicted molar refractivity (Wildman–Crippen MR) is 89.5 cm³/mol. The van der Waals surface area contributed by atoms with Crippen molar-refractivity contribution in [1.82, 2.24) is 0 Å². The summed E-state index contributed by atoms with van der Waals surface area (Å²) in [5.74, 6) is 1.26. The molecule has 0 unspecified atom stereocenters. The van der Waals surface area contributed by atoms with Gasteiger partial charge in [0.25, 0.3) is 0 Å². The lowest BCUT2D eigenvalue weighted by atomic mass is 9.78. The molecule has 0 spiro atoms. The zero-order valence-electron chi connectivity index (χ0n) is 11.7. The number of hydrogen-bond acceptors (Lipinski definition) is 2. The summed E-state index contributed by atoms with van der Waals surface area (Å²) in [5, 5.41) is 0.710. The van der Waals surface area contributed by atoms with E-state index in [9.17, 15) is 4.79 Å². The van der Waals surface area contributed by atoms with E-state index < -0.39 is 0 Å². The van der Waals surface area contributed by atoms with Crippen molar-refractivity contribution in [2.24, 2.45) is 0 Å². The molecule has 0 atom stereocenters. The quantitative estimate of drug-likeness (QED) is 0.529. The SMILES string of the molecule is O=C(CSc1cccc(Cl)c1)c1ccccc1C1CCC1. The number of carbonyl (C=O) groups excluding carboxylic acids is 1. The number of carbonyl (C=O) groups is 1. The van der Waals surface area contributed by atoms with Crippen LogP contribution >= 0.6 is 23.4 Å². The standard InChI is InChI=1S/C18H17ClOS/c19-14-7-4-8-15(11-14)21-12-18(20)17-10-2-1-9-16(17)13-5-3-6-13/h1-2,4,7-11,13H,3,5-6,12H2. The number of ketones is 1. The number of Topliss-reactive ketones (excluding diaryl/α,β-unsaturated/α-hetero) is 1. The van der Waals surface area contributed by atoms with Crippen LogP contribution in [0.2, 0.25) is 5.02 Å². The van der Waals surface area contributed by atoms with Crippen LogP contribution in [0.5, 0.6) is 0 Å². The summed E-state index contributed by atoms with van der Waals surface area (Å²) in [6.45, 7) is 0. The predicted octanol–water partition coefficient (Wildman–Crippen LogP) is 5.58. The first-order valence-corrected chi connectivity index (χ1v) is 8.61. The second-order valence-electron chi connectivity index (χ2n) is 5.38. The van der Waals surface area contributed by atoms with Crippen molar-refractivity contribution in [3.05, 3.63) is 64.7 Å². The fourth-order valence-electron chi connectivity index (χ4n) is 2.61. The van der Waals surface area contributed by atoms with Gasteiger partial charge in [0.05, 0.1) is 5.75 Å². The summed E-state index contributed by atoms with van der Waals surface area (Å²) in [6.07, 6.45) is 3.71. The summed E-state index contributed by atoms with van der Waals surface area (Å²) in [4.78, 5) is 13.6. The van der Waals surface area contributed by atoms with Crippen molar-refractivity contribution in [3.63, 3.8) is 0 Å². The molecule has 0 amide bonds. The molecule has 0 N–H and O–H groups in total. The van der Waals surface area contributed by atoms with Gasteiger partial charge in [-0.25, -0.2) is 0 Å². The van der Waals surface area contributed by atoms with Crippen LogP contribution in [0, 0.1) is 0 Å². The van der Waals surface area contributed by atoms with E-state index in [1.54, 1.807) is 11.8 Å². The van der Waals surface area contributed by atoms with Crippen molar-refractivity contribution in [2.45, 2.75) is 30.1 Å². The first-order chi connectivity index (χ1) is 10.2. The third kappa shape index (κ3) is 3.50. The van der Waals surface area contributed by atoms with Gasteiger partial charge in [0.2, 0.25) is 0 Å². The number of thioether (sulfide) groups is 1. The Morgan fingerprint density at radius 2 is 1.95 bits per heavy atom. The lowest BCUT2D eigenvalue weighted by Gasteiger charge is -2.27. The van der Waals surface area contributed by atoms with E-state index in [0.717, 1.165) is 10.5 Å². The number of benzene rings is 2. The zero-order chi connectivity index (χ0) is 14.7. The highest BCUT2D eigenvalue weighted by Crippen LogP contribution is 2.38. The average molecular weight is 317 g/mol. The molecule has 108 valence electrons. The number of halogens is 1. The summed E-state index contributed by atoms with van der Waals surface area (Å²) in [5.41, 5.74) is 2.14. The van der Waals surface area contributed by atoms with Crippen LogP contribution in [-0.4, -0.2) is 11.5 Å². The molecule has 0 aromatic heterocycles. The Balaban J connectivity index is 1.71. The Morgan fingerprint density at radius 3 is 2.67 bits per heavy atom. The first-order valence-electron chi connectivity index (χ1n) is 7.24. The molecule has 0 aliphatic heterocycles. The number of rotatable bonds is 5. The fraction of sp³-hybridized carbons (Fsp3) is 0.278. The Bertz CT molecular complexity index is 649.